The van der Waals surface area contributed by atoms with Gasteiger partial charge in [-0.25, -0.2) is 64.7 Å². The fourth-order valence-electron chi connectivity index (χ4n) is 21.9. The monoisotopic (exact) mass is 2090 g/mol. The van der Waals surface area contributed by atoms with Crippen LogP contribution in [0.15, 0.2) is 153 Å². The van der Waals surface area contributed by atoms with Crippen molar-refractivity contribution >= 4 is 200 Å². The van der Waals surface area contributed by atoms with Gasteiger partial charge in [0.2, 0.25) is 17.1 Å². The summed E-state index contributed by atoms with van der Waals surface area (Å²) < 4.78 is 89.5. The minimum atomic E-state index is -0.708. The number of pyridine rings is 4. The second kappa shape index (κ2) is 42.2. The molecule has 8 fully saturated rings. The first-order chi connectivity index (χ1) is 72.7. The highest BCUT2D eigenvalue weighted by molar-refractivity contribution is 7.85. The minimum Gasteiger partial charge on any atom is -0.432 e. The van der Waals surface area contributed by atoms with Crippen LogP contribution in [0, 0.1) is 6.57 Å². The Bertz CT molecular complexity index is 8200. The maximum Gasteiger partial charge on any atom is 0.229 e. The van der Waals surface area contributed by atoms with Gasteiger partial charge in [-0.1, -0.05) is 103 Å². The predicted molar refractivity (Wildman–Crippen MR) is 587 cm³/mol. The lowest BCUT2D eigenvalue weighted by Crippen LogP contribution is -2.37. The number of anilines is 4. The summed E-state index contributed by atoms with van der Waals surface area (Å²) >= 11 is 8.20. The number of furan rings is 3. The number of fused-ring (bicyclic) bond motifs is 16. The Labute approximate surface area is 872 Å². The third kappa shape index (κ3) is 19.7. The number of nitrogens with zero attached hydrogens (tertiary/aromatic N) is 21. The van der Waals surface area contributed by atoms with Gasteiger partial charge in [-0.15, -0.1) is 11.3 Å². The zero-order valence-corrected chi connectivity index (χ0v) is 86.9. The molecule has 0 amide bonds. The van der Waals surface area contributed by atoms with E-state index in [1.54, 1.807) is 11.3 Å². The second-order valence-electron chi connectivity index (χ2n) is 39.1. The van der Waals surface area contributed by atoms with Crippen molar-refractivity contribution in [3.8, 4) is 45.6 Å². The van der Waals surface area contributed by atoms with Crippen LogP contribution in [0.5, 0.6) is 0 Å². The van der Waals surface area contributed by atoms with Crippen LogP contribution in [-0.4, -0.2) is 300 Å². The van der Waals surface area contributed by atoms with Crippen molar-refractivity contribution < 1.29 is 49.0 Å². The summed E-state index contributed by atoms with van der Waals surface area (Å²) in [5.74, 6) is 11.8. The molecular weight excluding hydrogens is 1990 g/mol. The van der Waals surface area contributed by atoms with Crippen LogP contribution in [0.1, 0.15) is 73.7 Å². The average Bonchev–Trinajstić information content (AvgIpc) is 1.59. The molecule has 0 bridgehead atoms. The van der Waals surface area contributed by atoms with Crippen LogP contribution >= 0.6 is 22.9 Å². The van der Waals surface area contributed by atoms with E-state index in [1.165, 1.54) is 39.0 Å². The van der Waals surface area contributed by atoms with Crippen molar-refractivity contribution in [2.45, 2.75) is 58.8 Å². The lowest BCUT2D eigenvalue weighted by Gasteiger charge is -2.28. The molecule has 12 aromatic heterocycles. The number of thiophene rings is 1. The largest absolute Gasteiger partial charge is 0.432 e. The molecule has 0 atom stereocenters. The van der Waals surface area contributed by atoms with E-state index in [9.17, 15) is 16.8 Å². The van der Waals surface area contributed by atoms with E-state index < -0.39 is 43.2 Å². The molecule has 148 heavy (non-hydrogen) atoms. The van der Waals surface area contributed by atoms with Gasteiger partial charge in [0.05, 0.1) is 85.8 Å². The maximum atomic E-state index is 11.8. The summed E-state index contributed by atoms with van der Waals surface area (Å²) in [7, 11) is -2.77. The van der Waals surface area contributed by atoms with E-state index in [1.807, 2.05) is 55.1 Å². The minimum absolute atomic E-state index is 0.532. The van der Waals surface area contributed by atoms with Crippen molar-refractivity contribution in [1.29, 1.82) is 0 Å². The van der Waals surface area contributed by atoms with Crippen molar-refractivity contribution in [1.82, 2.24) is 79.4 Å². The molecule has 38 heteroatoms. The number of rotatable bonds is 16. The van der Waals surface area contributed by atoms with Crippen LogP contribution in [0.4, 0.5) is 23.3 Å². The summed E-state index contributed by atoms with van der Waals surface area (Å²) in [4.78, 5) is 82.7. The van der Waals surface area contributed by atoms with E-state index in [0.29, 0.717) is 140 Å². The standard InChI is InChI=1S/C28H26N6O3S.C28H29N5O3S.C27H26ClN5O3S.C27H27N5O2S2/c1-29-22-6-5-19-3-2-4-20(23(19)22)26-31-24-21-15-18(17-33-9-13-38(35)14-10-33)16-30-28(21)37-25(24)27(32-26)34-7-11-36-12-8-34;1-18-5-6-20-3-2-4-21(23(18)20)26-30-24-22-15-19(17-32-9-13-37(34)14-10-32)16-29-28(22)36-25(24)27(31-26)33-7-11-35-12-8-33;28-19-13-18-2-1-3-20(18)21(14-19)25-30-23-22-12-17(16-32-6-10-37(34)11-7-32)15-29-27(22)36-24(23)26(31-25)33-4-8-35-9-5-33;33-36-13-9-31(10-14-36)17-18-15-22-23-24(35-27(22)28-16-18)26(32-7-11-34-12-8-32)30-25(29-23)21-6-2-4-19-3-1-5-20(19)21/h2-4,6,15-16H,5,7-14,17H2;2-5,15-16H,6-14,17H2,1H3;1,3,12-15H,2,4-11,16H2;1-2,4-6,15-16H,3,7-14,17H2. The zero-order valence-electron chi connectivity index (χ0n) is 82.0. The van der Waals surface area contributed by atoms with Gasteiger partial charge < -0.3 is 51.8 Å². The fourth-order valence-corrected chi connectivity index (χ4v) is 27.7. The summed E-state index contributed by atoms with van der Waals surface area (Å²) in [5.41, 5.74) is 26.6. The molecule has 4 aliphatic carbocycles. The van der Waals surface area contributed by atoms with E-state index in [0.717, 1.165) is 316 Å². The van der Waals surface area contributed by atoms with Crippen molar-refractivity contribution in [2.75, 3.05) is 223 Å². The number of halogens is 1. The Morgan fingerprint density at radius 3 is 1.18 bits per heavy atom. The van der Waals surface area contributed by atoms with Gasteiger partial charge in [0.15, 0.2) is 69.0 Å². The molecule has 0 radical (unpaired) electrons. The smallest absolute Gasteiger partial charge is 0.229 e. The number of ether oxygens (including phenoxy) is 4. The highest BCUT2D eigenvalue weighted by Gasteiger charge is 2.35. The molecule has 0 saturated carbocycles. The average molecular weight is 2100 g/mol. The second-order valence-corrected chi connectivity index (χ2v) is 47.3. The maximum absolute atomic E-state index is 11.8. The van der Waals surface area contributed by atoms with Gasteiger partial charge in [-0.05, 0) is 141 Å². The van der Waals surface area contributed by atoms with Crippen LogP contribution in [0.25, 0.3) is 161 Å². The molecule has 28 rings (SSSR count). The molecule has 0 N–H and O–H groups in total. The molecule has 12 aliphatic rings. The molecule has 756 valence electrons. The van der Waals surface area contributed by atoms with Gasteiger partial charge in [0.1, 0.15) is 21.4 Å². The molecule has 8 saturated heterocycles. The molecule has 4 aromatic carbocycles. The van der Waals surface area contributed by atoms with Crippen molar-refractivity contribution in [3.05, 3.63) is 223 Å². The van der Waals surface area contributed by atoms with Crippen LogP contribution in [-0.2, 0) is 114 Å². The Morgan fingerprint density at radius 2 is 0.730 bits per heavy atom. The van der Waals surface area contributed by atoms with Crippen LogP contribution < -0.4 is 19.6 Å². The predicted octanol–water partition coefficient (Wildman–Crippen LogP) is 15.4. The van der Waals surface area contributed by atoms with Crippen LogP contribution in [0.2, 0.25) is 5.02 Å². The SMILES string of the molecule is CC1=CCc2cccc(-c3nc(N4CCOCC4)c4oc5ncc(CN6CCS(=O)CC6)cc5c4n3)c21.O=S1CCN(Cc2cnc3oc4c(N5CCOCC5)nc(-c5cc(Cl)cc6c5C=CC6)nc4c3c2)CC1.O=S1CCN(Cc2cnc3sc4c(N5CCOCC5)nc(-c5cccc6c5C=CC6)nc4c3c2)CC1.[C-]#[N+]C1=CCc2cccc(-c3nc(N4CCOCC4)c4oc5ncc(CN6CCS(=O)CC6)cc5c4n3)c21. The molecular formula is C110H108ClN21O11S5. The topological polar surface area (TPSA) is 330 Å². The van der Waals surface area contributed by atoms with E-state index >= 15 is 0 Å². The first kappa shape index (κ1) is 96.5. The lowest BCUT2D eigenvalue weighted by molar-refractivity contribution is 0.122. The molecule has 32 nitrogen and oxygen atoms in total. The molecule has 8 aliphatic heterocycles. The lowest BCUT2D eigenvalue weighted by atomic mass is 9.99. The van der Waals surface area contributed by atoms with Crippen LogP contribution in [0.3, 0.4) is 0 Å². The highest BCUT2D eigenvalue weighted by atomic mass is 35.5. The van der Waals surface area contributed by atoms with Gasteiger partial charge in [0, 0.05) is 278 Å². The third-order valence-corrected chi connectivity index (χ3v) is 36.1. The Hall–Kier alpha value is -12.4. The number of aromatic nitrogens is 12. The normalized spacial score (nSPS) is 18.8. The zero-order chi connectivity index (χ0) is 99.6. The number of allylic oxidation sites excluding steroid dienone is 5. The first-order valence-corrected chi connectivity index (χ1v) is 58.1. The summed E-state index contributed by atoms with van der Waals surface area (Å²) in [6, 6.07) is 31.5. The number of hydrogen-bond acceptors (Lipinski definition) is 32. The Balaban J connectivity index is 0.000000103. The van der Waals surface area contributed by atoms with Crippen molar-refractivity contribution in [3.63, 3.8) is 0 Å². The first-order valence-electron chi connectivity index (χ1n) is 50.9. The third-order valence-electron chi connectivity index (χ3n) is 29.6. The van der Waals surface area contributed by atoms with Gasteiger partial charge in [-0.3, -0.25) is 36.4 Å². The Morgan fingerprint density at radius 1 is 0.372 bits per heavy atom. The molecule has 0 spiro atoms. The van der Waals surface area contributed by atoms with E-state index in [4.69, 9.17) is 95.2 Å². The van der Waals surface area contributed by atoms with E-state index in [2.05, 4.69) is 163 Å². The number of morpholine rings is 4. The summed E-state index contributed by atoms with van der Waals surface area (Å²) in [6.45, 7) is 31.0. The van der Waals surface area contributed by atoms with Crippen molar-refractivity contribution in [2.24, 2.45) is 0 Å². The van der Waals surface area contributed by atoms with Gasteiger partial charge in [0.25, 0.3) is 0 Å². The number of hydrogen-bond donors (Lipinski definition) is 0. The number of benzene rings is 4. The summed E-state index contributed by atoms with van der Waals surface area (Å²) in [5, 5.41) is 4.41. The summed E-state index contributed by atoms with van der Waals surface area (Å²) in [6.07, 6.45) is 24.0. The van der Waals surface area contributed by atoms with Gasteiger partial charge >= 0.3 is 0 Å². The molecule has 20 heterocycles. The van der Waals surface area contributed by atoms with E-state index in [-0.39, 0.29) is 0 Å². The quantitative estimate of drug-likeness (QED) is 0.0811. The molecule has 0 unspecified atom stereocenters. The fraction of sp³-hybridized carbons (Fsp3) is 0.373. The Kier molecular flexibility index (Phi) is 27.5. The van der Waals surface area contributed by atoms with Gasteiger partial charge in [-0.2, -0.15) is 0 Å². The highest BCUT2D eigenvalue weighted by Crippen LogP contribution is 2.47. The molecule has 16 aromatic rings.